The van der Waals surface area contributed by atoms with Gasteiger partial charge in [-0.15, -0.1) is 4.83 Å². The highest BCUT2D eigenvalue weighted by Gasteiger charge is 2.31. The molecule has 0 saturated carbocycles. The number of hydrogen-bond donors (Lipinski definition) is 2. The average molecular weight is 536 g/mol. The van der Waals surface area contributed by atoms with E-state index in [0.29, 0.717) is 27.1 Å². The Kier molecular flexibility index (Phi) is 8.89. The minimum absolute atomic E-state index is 0.00219. The third-order valence-corrected chi connectivity index (χ3v) is 7.66. The van der Waals surface area contributed by atoms with Crippen LogP contribution >= 0.6 is 24.0 Å². The molecule has 0 aliphatic carbocycles. The summed E-state index contributed by atoms with van der Waals surface area (Å²) in [5.41, 5.74) is 3.87. The van der Waals surface area contributed by atoms with Crippen LogP contribution in [0.3, 0.4) is 0 Å². The van der Waals surface area contributed by atoms with Crippen LogP contribution in [-0.4, -0.2) is 50.2 Å². The Balaban J connectivity index is 1.52. The molecule has 3 rings (SSSR count). The lowest BCUT2D eigenvalue weighted by molar-refractivity contribution is -0.124. The second kappa shape index (κ2) is 11.7. The number of hydrazine groups is 1. The first-order valence-corrected chi connectivity index (χ1v) is 13.2. The molecule has 1 heterocycles. The first-order valence-electron chi connectivity index (χ1n) is 10.5. The standard InChI is InChI=1S/C23H25N3O6S3/c1-15-6-9-17(10-7-15)35(29,30)25-24-21(27)5-4-12-26-22(28)20(34-23(26)33)14-16-8-11-18(31-2)19(13-16)32-3/h6-11,13-14,25H,4-5,12H2,1-3H3,(H,24,27)/b20-14-. The van der Waals surface area contributed by atoms with Gasteiger partial charge in [-0.25, -0.2) is 8.42 Å². The van der Waals surface area contributed by atoms with E-state index in [0.717, 1.165) is 11.1 Å². The van der Waals surface area contributed by atoms with Crippen LogP contribution in [-0.2, 0) is 19.6 Å². The fourth-order valence-electron chi connectivity index (χ4n) is 3.15. The maximum Gasteiger partial charge on any atom is 0.266 e. The van der Waals surface area contributed by atoms with E-state index in [9.17, 15) is 18.0 Å². The minimum atomic E-state index is -3.87. The van der Waals surface area contributed by atoms with E-state index in [-0.39, 0.29) is 23.8 Å². The molecule has 0 spiro atoms. The smallest absolute Gasteiger partial charge is 0.266 e. The van der Waals surface area contributed by atoms with Crippen LogP contribution in [0.5, 0.6) is 11.5 Å². The zero-order valence-electron chi connectivity index (χ0n) is 19.4. The summed E-state index contributed by atoms with van der Waals surface area (Å²) in [6.07, 6.45) is 2.02. The van der Waals surface area contributed by atoms with Gasteiger partial charge in [-0.2, -0.15) is 0 Å². The number of aryl methyl sites for hydroxylation is 1. The number of benzene rings is 2. The number of thiocarbonyl (C=S) groups is 1. The van der Waals surface area contributed by atoms with Gasteiger partial charge in [-0.1, -0.05) is 47.7 Å². The topological polar surface area (TPSA) is 114 Å². The van der Waals surface area contributed by atoms with Gasteiger partial charge in [0.2, 0.25) is 5.91 Å². The average Bonchev–Trinajstić information content (AvgIpc) is 3.10. The third-order valence-electron chi connectivity index (χ3n) is 5.02. The summed E-state index contributed by atoms with van der Waals surface area (Å²) in [6.45, 7) is 2.07. The van der Waals surface area contributed by atoms with Crippen LogP contribution in [0.4, 0.5) is 0 Å². The van der Waals surface area contributed by atoms with Crippen LogP contribution < -0.4 is 19.7 Å². The van der Waals surface area contributed by atoms with Crippen LogP contribution in [0.2, 0.25) is 0 Å². The van der Waals surface area contributed by atoms with Gasteiger partial charge in [0, 0.05) is 13.0 Å². The molecule has 0 radical (unpaired) electrons. The summed E-state index contributed by atoms with van der Waals surface area (Å²) in [5.74, 6) is 0.347. The van der Waals surface area contributed by atoms with Crippen molar-refractivity contribution in [1.29, 1.82) is 0 Å². The summed E-state index contributed by atoms with van der Waals surface area (Å²) in [4.78, 5) is 28.9. The number of amides is 2. The van der Waals surface area contributed by atoms with Crippen molar-refractivity contribution in [1.82, 2.24) is 15.2 Å². The Labute approximate surface area is 213 Å². The molecule has 35 heavy (non-hydrogen) atoms. The fourth-order valence-corrected chi connectivity index (χ4v) is 5.32. The van der Waals surface area contributed by atoms with Gasteiger partial charge in [0.05, 0.1) is 24.0 Å². The summed E-state index contributed by atoms with van der Waals surface area (Å²) < 4.78 is 35.4. The van der Waals surface area contributed by atoms with E-state index in [1.807, 2.05) is 6.92 Å². The molecule has 1 aliphatic rings. The van der Waals surface area contributed by atoms with Crippen molar-refractivity contribution in [2.24, 2.45) is 0 Å². The monoisotopic (exact) mass is 535 g/mol. The van der Waals surface area contributed by atoms with E-state index in [2.05, 4.69) is 10.3 Å². The number of carbonyl (C=O) groups is 2. The molecule has 0 aromatic heterocycles. The number of thioether (sulfide) groups is 1. The normalized spacial score (nSPS) is 14.9. The molecule has 1 fully saturated rings. The van der Waals surface area contributed by atoms with Gasteiger partial charge >= 0.3 is 0 Å². The quantitative estimate of drug-likeness (QED) is 0.271. The Morgan fingerprint density at radius 2 is 1.80 bits per heavy atom. The van der Waals surface area contributed by atoms with Gasteiger partial charge in [0.15, 0.2) is 11.5 Å². The number of nitrogens with zero attached hydrogens (tertiary/aromatic N) is 1. The molecule has 2 aromatic carbocycles. The summed E-state index contributed by atoms with van der Waals surface area (Å²) in [5, 5.41) is 0. The first kappa shape index (κ1) is 26.7. The second-order valence-corrected chi connectivity index (χ2v) is 10.9. The zero-order chi connectivity index (χ0) is 25.6. The predicted octanol–water partition coefficient (Wildman–Crippen LogP) is 3.00. The zero-order valence-corrected chi connectivity index (χ0v) is 21.8. The van der Waals surface area contributed by atoms with Gasteiger partial charge in [0.25, 0.3) is 15.9 Å². The van der Waals surface area contributed by atoms with Gasteiger partial charge in [0.1, 0.15) is 4.32 Å². The number of ether oxygens (including phenoxy) is 2. The number of hydrogen-bond acceptors (Lipinski definition) is 8. The number of sulfonamides is 1. The van der Waals surface area contributed by atoms with E-state index >= 15 is 0 Å². The van der Waals surface area contributed by atoms with Crippen molar-refractivity contribution in [2.75, 3.05) is 20.8 Å². The summed E-state index contributed by atoms with van der Waals surface area (Å²) in [7, 11) is -0.796. The second-order valence-electron chi connectivity index (χ2n) is 7.52. The van der Waals surface area contributed by atoms with Crippen molar-refractivity contribution < 1.29 is 27.5 Å². The number of methoxy groups -OCH3 is 2. The van der Waals surface area contributed by atoms with Gasteiger partial charge in [-0.3, -0.25) is 19.9 Å². The number of carbonyl (C=O) groups excluding carboxylic acids is 2. The van der Waals surface area contributed by atoms with Crippen LogP contribution in [0.1, 0.15) is 24.0 Å². The molecule has 186 valence electrons. The van der Waals surface area contributed by atoms with Crippen molar-refractivity contribution in [3.05, 3.63) is 58.5 Å². The van der Waals surface area contributed by atoms with E-state index < -0.39 is 15.9 Å². The number of nitrogens with one attached hydrogen (secondary N) is 2. The number of rotatable bonds is 10. The van der Waals surface area contributed by atoms with E-state index in [1.165, 1.54) is 35.9 Å². The highest BCUT2D eigenvalue weighted by molar-refractivity contribution is 8.26. The maximum atomic E-state index is 12.8. The molecule has 0 bridgehead atoms. The third kappa shape index (κ3) is 6.82. The lowest BCUT2D eigenvalue weighted by Crippen LogP contribution is -2.41. The molecule has 1 saturated heterocycles. The van der Waals surface area contributed by atoms with Gasteiger partial charge in [-0.05, 0) is 49.2 Å². The SMILES string of the molecule is COc1ccc(/C=C2\SC(=S)N(CCCC(=O)NNS(=O)(=O)c3ccc(C)cc3)C2=O)cc1OC. The Hall–Kier alpha value is -2.93. The predicted molar refractivity (Wildman–Crippen MR) is 138 cm³/mol. The molecule has 1 aliphatic heterocycles. The first-order chi connectivity index (χ1) is 16.6. The van der Waals surface area contributed by atoms with Crippen molar-refractivity contribution in [3.63, 3.8) is 0 Å². The van der Waals surface area contributed by atoms with Gasteiger partial charge < -0.3 is 9.47 Å². The Bertz CT molecular complexity index is 1260. The summed E-state index contributed by atoms with van der Waals surface area (Å²) >= 11 is 6.51. The van der Waals surface area contributed by atoms with Crippen LogP contribution in [0.15, 0.2) is 52.3 Å². The minimum Gasteiger partial charge on any atom is -0.493 e. The molecular weight excluding hydrogens is 510 g/mol. The molecular formula is C23H25N3O6S3. The Morgan fingerprint density at radius 1 is 1.11 bits per heavy atom. The Morgan fingerprint density at radius 3 is 2.46 bits per heavy atom. The molecule has 2 aromatic rings. The largest absolute Gasteiger partial charge is 0.493 e. The molecule has 9 nitrogen and oxygen atoms in total. The van der Waals surface area contributed by atoms with Crippen molar-refractivity contribution in [2.45, 2.75) is 24.7 Å². The fraction of sp³-hybridized carbons (Fsp3) is 0.261. The van der Waals surface area contributed by atoms with Crippen LogP contribution in [0.25, 0.3) is 6.08 Å². The highest BCUT2D eigenvalue weighted by Crippen LogP contribution is 2.34. The lowest BCUT2D eigenvalue weighted by Gasteiger charge is -2.14. The lowest BCUT2D eigenvalue weighted by atomic mass is 10.2. The van der Waals surface area contributed by atoms with Crippen molar-refractivity contribution >= 4 is 56.2 Å². The van der Waals surface area contributed by atoms with Crippen LogP contribution in [0, 0.1) is 6.92 Å². The molecule has 0 unspecified atom stereocenters. The van der Waals surface area contributed by atoms with Crippen molar-refractivity contribution in [3.8, 4) is 11.5 Å². The summed E-state index contributed by atoms with van der Waals surface area (Å²) in [6, 6.07) is 11.5. The molecule has 12 heteroatoms. The van der Waals surface area contributed by atoms with E-state index in [1.54, 1.807) is 43.5 Å². The molecule has 2 amide bonds. The highest BCUT2D eigenvalue weighted by atomic mass is 32.2. The molecule has 0 atom stereocenters. The molecule has 2 N–H and O–H groups in total. The maximum absolute atomic E-state index is 12.8. The van der Waals surface area contributed by atoms with E-state index in [4.69, 9.17) is 21.7 Å².